The summed E-state index contributed by atoms with van der Waals surface area (Å²) >= 11 is 0. The highest BCUT2D eigenvalue weighted by Gasteiger charge is 2.17. The van der Waals surface area contributed by atoms with Crippen LogP contribution in [0.5, 0.6) is 0 Å². The van der Waals surface area contributed by atoms with E-state index in [0.29, 0.717) is 5.56 Å². The fourth-order valence-corrected chi connectivity index (χ4v) is 2.90. The van der Waals surface area contributed by atoms with E-state index in [-0.39, 0.29) is 5.91 Å². The van der Waals surface area contributed by atoms with Gasteiger partial charge in [0, 0.05) is 10.9 Å². The zero-order valence-electron chi connectivity index (χ0n) is 18.5. The van der Waals surface area contributed by atoms with Gasteiger partial charge in [-0.15, -0.1) is 0 Å². The number of aromatic nitrogens is 1. The van der Waals surface area contributed by atoms with Gasteiger partial charge in [0.05, 0.1) is 11.2 Å². The number of para-hydroxylation sites is 1. The Morgan fingerprint density at radius 3 is 1.69 bits per heavy atom. The largest absolute Gasteiger partial charge is 0.276 e. The molecule has 0 atom stereocenters. The van der Waals surface area contributed by atoms with Crippen LogP contribution in [0.4, 0.5) is 0 Å². The predicted molar refractivity (Wildman–Crippen MR) is 128 cm³/mol. The van der Waals surface area contributed by atoms with Gasteiger partial charge < -0.3 is 0 Å². The fraction of sp³-hybridized carbons (Fsp3) is 0.222. The average Bonchev–Trinajstić information content (AvgIpc) is 3.23. The second kappa shape index (κ2) is 13.1. The Balaban J connectivity index is 0.000000644. The molecule has 0 amide bonds. The van der Waals surface area contributed by atoms with E-state index in [1.165, 1.54) is 0 Å². The monoisotopic (exact) mass is 387 g/mol. The van der Waals surface area contributed by atoms with Crippen molar-refractivity contribution in [2.45, 2.75) is 41.5 Å². The number of hydrogen-bond donors (Lipinski definition) is 0. The van der Waals surface area contributed by atoms with Crippen LogP contribution in [0.1, 0.15) is 51.9 Å². The van der Waals surface area contributed by atoms with E-state index in [2.05, 4.69) is 6.07 Å². The zero-order chi connectivity index (χ0) is 21.6. The molecule has 0 bridgehead atoms. The molecular weight excluding hydrogens is 354 g/mol. The quantitative estimate of drug-likeness (QED) is 0.341. The van der Waals surface area contributed by atoms with Crippen molar-refractivity contribution in [2.24, 2.45) is 0 Å². The molecule has 0 spiro atoms. The number of carbonyl (C=O) groups is 1. The first kappa shape index (κ1) is 23.9. The molecule has 0 saturated carbocycles. The van der Waals surface area contributed by atoms with Crippen LogP contribution in [0.25, 0.3) is 22.2 Å². The maximum atomic E-state index is 13.1. The van der Waals surface area contributed by atoms with E-state index in [0.717, 1.165) is 22.2 Å². The van der Waals surface area contributed by atoms with E-state index < -0.39 is 0 Å². The minimum Gasteiger partial charge on any atom is -0.276 e. The third kappa shape index (κ3) is 5.68. The first-order valence-corrected chi connectivity index (χ1v) is 10.6. The number of benzene rings is 3. The lowest BCUT2D eigenvalue weighted by molar-refractivity contribution is 0.0967. The summed E-state index contributed by atoms with van der Waals surface area (Å²) in [5.41, 5.74) is 3.57. The van der Waals surface area contributed by atoms with Gasteiger partial charge in [-0.1, -0.05) is 108 Å². The van der Waals surface area contributed by atoms with Crippen molar-refractivity contribution < 1.29 is 4.79 Å². The minimum absolute atomic E-state index is 0.00865. The van der Waals surface area contributed by atoms with Crippen LogP contribution in [0.2, 0.25) is 0 Å². The Hall–Kier alpha value is -3.13. The first-order valence-electron chi connectivity index (χ1n) is 10.6. The third-order valence-corrected chi connectivity index (χ3v) is 4.00. The Bertz CT molecular complexity index is 969. The minimum atomic E-state index is -0.00865. The van der Waals surface area contributed by atoms with Gasteiger partial charge in [-0.25, -0.2) is 0 Å². The lowest BCUT2D eigenvalue weighted by Crippen LogP contribution is -2.12. The molecule has 1 heterocycles. The summed E-state index contributed by atoms with van der Waals surface area (Å²) in [5, 5.41) is 1.07. The molecule has 0 aliphatic heterocycles. The first-order chi connectivity index (χ1) is 14.3. The van der Waals surface area contributed by atoms with Gasteiger partial charge in [-0.2, -0.15) is 0 Å². The Morgan fingerprint density at radius 1 is 0.621 bits per heavy atom. The van der Waals surface area contributed by atoms with Gasteiger partial charge >= 0.3 is 0 Å². The standard InChI is InChI=1S/C21H15NO.3C2H6/c23-21(17-11-5-2-6-12-17)22-19-14-8-7-13-18(19)15-20(22)16-9-3-1-4-10-16;3*1-2/h1-15H;3*1-2H3. The van der Waals surface area contributed by atoms with Crippen molar-refractivity contribution in [1.29, 1.82) is 0 Å². The molecule has 1 aromatic heterocycles. The van der Waals surface area contributed by atoms with E-state index in [9.17, 15) is 4.79 Å². The van der Waals surface area contributed by atoms with E-state index in [1.54, 1.807) is 4.57 Å². The summed E-state index contributed by atoms with van der Waals surface area (Å²) in [5.74, 6) is -0.00865. The molecule has 0 aliphatic rings. The van der Waals surface area contributed by atoms with Crippen LogP contribution in [-0.2, 0) is 0 Å². The van der Waals surface area contributed by atoms with Gasteiger partial charge in [0.25, 0.3) is 5.91 Å². The molecule has 152 valence electrons. The molecule has 2 heteroatoms. The number of nitrogens with zero attached hydrogens (tertiary/aromatic N) is 1. The molecule has 0 unspecified atom stereocenters. The van der Waals surface area contributed by atoms with Crippen molar-refractivity contribution in [1.82, 2.24) is 4.57 Å². The molecular formula is C27H33NO. The normalized spacial score (nSPS) is 9.17. The SMILES string of the molecule is CC.CC.CC.O=C(c1ccccc1)n1c(-c2ccccc2)cc2ccccc21. The summed E-state index contributed by atoms with van der Waals surface area (Å²) < 4.78 is 1.81. The van der Waals surface area contributed by atoms with Crippen molar-refractivity contribution >= 4 is 16.8 Å². The van der Waals surface area contributed by atoms with Gasteiger partial charge in [0.1, 0.15) is 0 Å². The van der Waals surface area contributed by atoms with Crippen LogP contribution in [0, 0.1) is 0 Å². The molecule has 0 N–H and O–H groups in total. The Kier molecular flexibility index (Phi) is 10.8. The van der Waals surface area contributed by atoms with Crippen LogP contribution in [0.3, 0.4) is 0 Å². The van der Waals surface area contributed by atoms with Crippen LogP contribution in [-0.4, -0.2) is 10.5 Å². The van der Waals surface area contributed by atoms with Crippen molar-refractivity contribution in [2.75, 3.05) is 0 Å². The number of fused-ring (bicyclic) bond motifs is 1. The predicted octanol–water partition coefficient (Wildman–Crippen LogP) is 8.08. The molecule has 0 aliphatic carbocycles. The summed E-state index contributed by atoms with van der Waals surface area (Å²) in [7, 11) is 0. The number of rotatable bonds is 2. The maximum Gasteiger partial charge on any atom is 0.262 e. The molecule has 0 saturated heterocycles. The van der Waals surface area contributed by atoms with E-state index in [4.69, 9.17) is 0 Å². The molecule has 0 fully saturated rings. The summed E-state index contributed by atoms with van der Waals surface area (Å²) in [6.07, 6.45) is 0. The Labute approximate surface area is 175 Å². The topological polar surface area (TPSA) is 22.0 Å². The van der Waals surface area contributed by atoms with Gasteiger partial charge in [-0.05, 0) is 29.8 Å². The number of hydrogen-bond acceptors (Lipinski definition) is 1. The van der Waals surface area contributed by atoms with Crippen molar-refractivity contribution in [3.63, 3.8) is 0 Å². The third-order valence-electron chi connectivity index (χ3n) is 4.00. The van der Waals surface area contributed by atoms with Crippen LogP contribution >= 0.6 is 0 Å². The zero-order valence-corrected chi connectivity index (χ0v) is 18.5. The molecule has 2 nitrogen and oxygen atoms in total. The molecule has 0 radical (unpaired) electrons. The molecule has 4 aromatic rings. The van der Waals surface area contributed by atoms with Gasteiger partial charge in [-0.3, -0.25) is 9.36 Å². The second-order valence-corrected chi connectivity index (χ2v) is 5.46. The summed E-state index contributed by atoms with van der Waals surface area (Å²) in [6, 6.07) is 29.5. The lowest BCUT2D eigenvalue weighted by atomic mass is 10.1. The second-order valence-electron chi connectivity index (χ2n) is 5.46. The summed E-state index contributed by atoms with van der Waals surface area (Å²) in [4.78, 5) is 13.1. The Morgan fingerprint density at radius 2 is 1.10 bits per heavy atom. The van der Waals surface area contributed by atoms with Gasteiger partial charge in [0.2, 0.25) is 0 Å². The van der Waals surface area contributed by atoms with E-state index >= 15 is 0 Å². The highest BCUT2D eigenvalue weighted by Crippen LogP contribution is 2.29. The molecule has 3 aromatic carbocycles. The fourth-order valence-electron chi connectivity index (χ4n) is 2.90. The highest BCUT2D eigenvalue weighted by molar-refractivity contribution is 6.05. The van der Waals surface area contributed by atoms with Crippen molar-refractivity contribution in [3.8, 4) is 11.3 Å². The van der Waals surface area contributed by atoms with Crippen LogP contribution in [0.15, 0.2) is 91.0 Å². The number of carbonyl (C=O) groups excluding carboxylic acids is 1. The summed E-state index contributed by atoms with van der Waals surface area (Å²) in [6.45, 7) is 12.0. The van der Waals surface area contributed by atoms with E-state index in [1.807, 2.05) is 126 Å². The lowest BCUT2D eigenvalue weighted by Gasteiger charge is -2.10. The smallest absolute Gasteiger partial charge is 0.262 e. The van der Waals surface area contributed by atoms with Crippen molar-refractivity contribution in [3.05, 3.63) is 96.6 Å². The molecule has 29 heavy (non-hydrogen) atoms. The van der Waals surface area contributed by atoms with Crippen LogP contribution < -0.4 is 0 Å². The highest BCUT2D eigenvalue weighted by atomic mass is 16.2. The maximum absolute atomic E-state index is 13.1. The van der Waals surface area contributed by atoms with Gasteiger partial charge in [0.15, 0.2) is 0 Å². The average molecular weight is 388 g/mol. The molecule has 4 rings (SSSR count).